The van der Waals surface area contributed by atoms with Gasteiger partial charge in [0.05, 0.1) is 18.7 Å². The Labute approximate surface area is 106 Å². The van der Waals surface area contributed by atoms with Gasteiger partial charge in [0.1, 0.15) is 5.75 Å². The van der Waals surface area contributed by atoms with Gasteiger partial charge in [-0.05, 0) is 18.1 Å². The second-order valence-corrected chi connectivity index (χ2v) is 4.42. The summed E-state index contributed by atoms with van der Waals surface area (Å²) in [7, 11) is 1.61. The van der Waals surface area contributed by atoms with Crippen molar-refractivity contribution in [2.24, 2.45) is 11.7 Å². The van der Waals surface area contributed by atoms with Crippen LogP contribution in [-0.4, -0.2) is 17.3 Å². The Morgan fingerprint density at radius 1 is 1.22 bits per heavy atom. The molecule has 18 heavy (non-hydrogen) atoms. The molecule has 1 atom stereocenters. The van der Waals surface area contributed by atoms with Crippen molar-refractivity contribution >= 4 is 0 Å². The fraction of sp³-hybridized carbons (Fsp3) is 0.385. The van der Waals surface area contributed by atoms with Crippen LogP contribution < -0.4 is 10.5 Å². The van der Waals surface area contributed by atoms with E-state index in [4.69, 9.17) is 14.9 Å². The smallest absolute Gasteiger partial charge is 0.251 e. The Kier molecular flexibility index (Phi) is 3.62. The van der Waals surface area contributed by atoms with E-state index in [-0.39, 0.29) is 12.0 Å². The molecular formula is C13H17N3O2. The van der Waals surface area contributed by atoms with Crippen molar-refractivity contribution in [1.29, 1.82) is 0 Å². The lowest BCUT2D eigenvalue weighted by atomic mass is 10.1. The van der Waals surface area contributed by atoms with Gasteiger partial charge in [-0.25, -0.2) is 0 Å². The van der Waals surface area contributed by atoms with E-state index in [0.29, 0.717) is 17.5 Å². The van der Waals surface area contributed by atoms with Gasteiger partial charge in [-0.3, -0.25) is 0 Å². The lowest BCUT2D eigenvalue weighted by Gasteiger charge is -2.09. The van der Waals surface area contributed by atoms with E-state index >= 15 is 0 Å². The highest BCUT2D eigenvalue weighted by atomic mass is 16.5. The average molecular weight is 247 g/mol. The first-order valence-electron chi connectivity index (χ1n) is 5.86. The highest BCUT2D eigenvalue weighted by molar-refractivity contribution is 5.62. The zero-order valence-electron chi connectivity index (χ0n) is 10.8. The molecule has 0 radical (unpaired) electrons. The number of hydrogen-bond donors (Lipinski definition) is 1. The Morgan fingerprint density at radius 2 is 1.94 bits per heavy atom. The average Bonchev–Trinajstić information content (AvgIpc) is 2.87. The van der Waals surface area contributed by atoms with Crippen LogP contribution in [0.1, 0.15) is 25.8 Å². The quantitative estimate of drug-likeness (QED) is 0.898. The van der Waals surface area contributed by atoms with Crippen LogP contribution in [0.3, 0.4) is 0 Å². The second-order valence-electron chi connectivity index (χ2n) is 4.42. The second kappa shape index (κ2) is 5.18. The van der Waals surface area contributed by atoms with Crippen LogP contribution in [0.5, 0.6) is 5.75 Å². The molecule has 1 heterocycles. The number of methoxy groups -OCH3 is 1. The molecule has 2 N–H and O–H groups in total. The summed E-state index contributed by atoms with van der Waals surface area (Å²) < 4.78 is 10.9. The SMILES string of the molecule is COc1ccccc1-c1nnc(C(N)C(C)C)o1. The molecular weight excluding hydrogens is 230 g/mol. The number of hydrogen-bond acceptors (Lipinski definition) is 5. The molecule has 0 spiro atoms. The van der Waals surface area contributed by atoms with Gasteiger partial charge >= 0.3 is 0 Å². The number of nitrogens with zero attached hydrogens (tertiary/aromatic N) is 2. The van der Waals surface area contributed by atoms with E-state index in [1.54, 1.807) is 7.11 Å². The molecule has 1 aromatic carbocycles. The molecule has 0 fully saturated rings. The van der Waals surface area contributed by atoms with Crippen LogP contribution in [0, 0.1) is 5.92 Å². The number of ether oxygens (including phenoxy) is 1. The predicted molar refractivity (Wildman–Crippen MR) is 68.1 cm³/mol. The lowest BCUT2D eigenvalue weighted by molar-refractivity contribution is 0.390. The molecule has 0 saturated heterocycles. The zero-order valence-corrected chi connectivity index (χ0v) is 10.8. The molecule has 5 heteroatoms. The topological polar surface area (TPSA) is 74.2 Å². The Hall–Kier alpha value is -1.88. The van der Waals surface area contributed by atoms with Gasteiger partial charge < -0.3 is 14.9 Å². The number of aromatic nitrogens is 2. The van der Waals surface area contributed by atoms with Crippen molar-refractivity contribution in [2.75, 3.05) is 7.11 Å². The molecule has 1 unspecified atom stereocenters. The van der Waals surface area contributed by atoms with Crippen LogP contribution in [0.25, 0.3) is 11.5 Å². The van der Waals surface area contributed by atoms with Gasteiger partial charge in [-0.1, -0.05) is 26.0 Å². The number of rotatable bonds is 4. The molecule has 96 valence electrons. The maximum Gasteiger partial charge on any atom is 0.251 e. The van der Waals surface area contributed by atoms with Crippen LogP contribution >= 0.6 is 0 Å². The highest BCUT2D eigenvalue weighted by Gasteiger charge is 2.19. The van der Waals surface area contributed by atoms with E-state index in [1.165, 1.54) is 0 Å². The molecule has 0 aliphatic heterocycles. The van der Waals surface area contributed by atoms with Crippen molar-refractivity contribution in [3.8, 4) is 17.2 Å². The highest BCUT2D eigenvalue weighted by Crippen LogP contribution is 2.29. The van der Waals surface area contributed by atoms with E-state index < -0.39 is 0 Å². The molecule has 0 aliphatic carbocycles. The zero-order chi connectivity index (χ0) is 13.1. The summed E-state index contributed by atoms with van der Waals surface area (Å²) >= 11 is 0. The van der Waals surface area contributed by atoms with E-state index in [2.05, 4.69) is 10.2 Å². The summed E-state index contributed by atoms with van der Waals surface area (Å²) in [6.07, 6.45) is 0. The molecule has 0 bridgehead atoms. The minimum absolute atomic E-state index is 0.246. The van der Waals surface area contributed by atoms with E-state index in [9.17, 15) is 0 Å². The predicted octanol–water partition coefficient (Wildman–Crippen LogP) is 2.40. The number of nitrogens with two attached hydrogens (primary N) is 1. The molecule has 2 rings (SSSR count). The summed E-state index contributed by atoms with van der Waals surface area (Å²) in [5, 5.41) is 8.01. The van der Waals surface area contributed by atoms with Crippen molar-refractivity contribution in [3.05, 3.63) is 30.2 Å². The van der Waals surface area contributed by atoms with Crippen LogP contribution in [0.15, 0.2) is 28.7 Å². The van der Waals surface area contributed by atoms with Crippen LogP contribution in [0.2, 0.25) is 0 Å². The fourth-order valence-corrected chi connectivity index (χ4v) is 1.58. The van der Waals surface area contributed by atoms with Crippen molar-refractivity contribution in [1.82, 2.24) is 10.2 Å². The normalized spacial score (nSPS) is 12.7. The van der Waals surface area contributed by atoms with Gasteiger partial charge in [-0.2, -0.15) is 0 Å². The Balaban J connectivity index is 2.35. The Bertz CT molecular complexity index is 522. The van der Waals surface area contributed by atoms with Gasteiger partial charge in [-0.15, -0.1) is 10.2 Å². The van der Waals surface area contributed by atoms with Crippen molar-refractivity contribution in [3.63, 3.8) is 0 Å². The summed E-state index contributed by atoms with van der Waals surface area (Å²) in [5.74, 6) is 1.83. The first-order valence-corrected chi connectivity index (χ1v) is 5.86. The first kappa shape index (κ1) is 12.6. The fourth-order valence-electron chi connectivity index (χ4n) is 1.58. The maximum atomic E-state index is 5.97. The lowest BCUT2D eigenvalue weighted by Crippen LogP contribution is -2.16. The van der Waals surface area contributed by atoms with E-state index in [1.807, 2.05) is 38.1 Å². The van der Waals surface area contributed by atoms with Crippen molar-refractivity contribution in [2.45, 2.75) is 19.9 Å². The number of benzene rings is 1. The van der Waals surface area contributed by atoms with Crippen LogP contribution in [-0.2, 0) is 0 Å². The van der Waals surface area contributed by atoms with E-state index in [0.717, 1.165) is 5.56 Å². The third-order valence-corrected chi connectivity index (χ3v) is 2.78. The summed E-state index contributed by atoms with van der Waals surface area (Å²) in [4.78, 5) is 0. The summed E-state index contributed by atoms with van der Waals surface area (Å²) in [5.41, 5.74) is 6.75. The largest absolute Gasteiger partial charge is 0.496 e. The third-order valence-electron chi connectivity index (χ3n) is 2.78. The summed E-state index contributed by atoms with van der Waals surface area (Å²) in [6, 6.07) is 7.25. The molecule has 2 aromatic rings. The minimum Gasteiger partial charge on any atom is -0.496 e. The standard InChI is InChI=1S/C13H17N3O2/c1-8(2)11(14)13-16-15-12(18-13)9-6-4-5-7-10(9)17-3/h4-8,11H,14H2,1-3H3. The minimum atomic E-state index is -0.249. The third kappa shape index (κ3) is 2.36. The molecule has 0 amide bonds. The van der Waals surface area contributed by atoms with Gasteiger partial charge in [0, 0.05) is 0 Å². The number of para-hydroxylation sites is 1. The van der Waals surface area contributed by atoms with Gasteiger partial charge in [0.15, 0.2) is 0 Å². The summed E-state index contributed by atoms with van der Waals surface area (Å²) in [6.45, 7) is 4.02. The molecule has 5 nitrogen and oxygen atoms in total. The van der Waals surface area contributed by atoms with Gasteiger partial charge in [0.25, 0.3) is 5.89 Å². The first-order chi connectivity index (χ1) is 8.63. The maximum absolute atomic E-state index is 5.97. The van der Waals surface area contributed by atoms with Gasteiger partial charge in [0.2, 0.25) is 5.89 Å². The molecule has 1 aromatic heterocycles. The van der Waals surface area contributed by atoms with Crippen molar-refractivity contribution < 1.29 is 9.15 Å². The molecule has 0 saturated carbocycles. The molecule has 0 aliphatic rings. The Morgan fingerprint density at radius 3 is 2.61 bits per heavy atom. The monoisotopic (exact) mass is 247 g/mol. The van der Waals surface area contributed by atoms with Crippen LogP contribution in [0.4, 0.5) is 0 Å².